The molecule has 0 aromatic carbocycles. The summed E-state index contributed by atoms with van der Waals surface area (Å²) in [5, 5.41) is 8.20. The maximum Gasteiger partial charge on any atom is 0.0431 e. The molecule has 0 aliphatic carbocycles. The Bertz CT molecular complexity index is 20.0. The van der Waals surface area contributed by atoms with Gasteiger partial charge in [0.25, 0.3) is 0 Å². The number of rotatable bonds is 3. The second kappa shape index (κ2) is 9.99. The second-order valence-corrected chi connectivity index (χ2v) is 1.43. The van der Waals surface area contributed by atoms with Crippen LogP contribution in [0.5, 0.6) is 0 Å². The van der Waals surface area contributed by atoms with Gasteiger partial charge in [-0.3, -0.25) is 0 Å². The van der Waals surface area contributed by atoms with Gasteiger partial charge in [-0.2, -0.15) is 0 Å². The Morgan fingerprint density at radius 2 is 1.86 bits per heavy atom. The van der Waals surface area contributed by atoms with Crippen LogP contribution in [0.2, 0.25) is 0 Å². The zero-order chi connectivity index (χ0) is 4.83. The summed E-state index contributed by atoms with van der Waals surface area (Å²) in [4.78, 5) is 0. The van der Waals surface area contributed by atoms with Crippen LogP contribution in [0.15, 0.2) is 0 Å². The quantitative estimate of drug-likeness (QED) is 0.602. The van der Waals surface area contributed by atoms with Gasteiger partial charge in [-0.25, -0.2) is 0 Å². The van der Waals surface area contributed by atoms with Gasteiger partial charge in [0.1, 0.15) is 0 Å². The average molecular weight is 293 g/mol. The smallest absolute Gasteiger partial charge is 0.0431 e. The largest absolute Gasteiger partial charge is 0.396 e. The average Bonchev–Trinajstić information content (AvgIpc) is 1.61. The minimum Gasteiger partial charge on any atom is -0.396 e. The maximum absolute atomic E-state index is 8.20. The molecule has 0 heterocycles. The third-order valence-corrected chi connectivity index (χ3v) is 0.762. The van der Waals surface area contributed by atoms with Gasteiger partial charge in [0, 0.05) is 33.9 Å². The zero-order valence-electron chi connectivity index (χ0n) is 4.85. The molecule has 0 spiro atoms. The Labute approximate surface area is 65.3 Å². The van der Waals surface area contributed by atoms with Gasteiger partial charge in [-0.15, -0.1) is 0 Å². The van der Waals surface area contributed by atoms with E-state index in [1.165, 1.54) is 6.42 Å². The van der Waals surface area contributed by atoms with Gasteiger partial charge in [0.05, 0.1) is 0 Å². The summed E-state index contributed by atoms with van der Waals surface area (Å²) >= 11 is 0. The number of unbranched alkanes of at least 4 members (excludes halogenated alkanes) is 2. The van der Waals surface area contributed by atoms with Crippen LogP contribution in [-0.2, 0) is 0 Å². The van der Waals surface area contributed by atoms with Crippen LogP contribution in [-0.4, -0.2) is 39.0 Å². The molecular weight excluding hydrogens is 280 g/mol. The number of hydrogen-bond donors (Lipinski definition) is 1. The molecule has 1 nitrogen and oxygen atoms in total. The first-order valence-corrected chi connectivity index (χ1v) is 2.52. The van der Waals surface area contributed by atoms with E-state index in [2.05, 4.69) is 6.92 Å². The van der Waals surface area contributed by atoms with E-state index in [4.69, 9.17) is 5.11 Å². The predicted molar refractivity (Wildman–Crippen MR) is 32.4 cm³/mol. The summed E-state index contributed by atoms with van der Waals surface area (Å²) in [6.45, 7) is 2.48. The zero-order valence-corrected chi connectivity index (χ0v) is 9.34. The van der Waals surface area contributed by atoms with Crippen LogP contribution in [0.1, 0.15) is 26.2 Å². The molecule has 1 radical (unpaired) electrons. The van der Waals surface area contributed by atoms with Crippen molar-refractivity contribution in [1.29, 1.82) is 0 Å². The van der Waals surface area contributed by atoms with E-state index < -0.39 is 0 Å². The number of aliphatic hydroxyl groups excluding tert-OH is 1. The van der Waals surface area contributed by atoms with E-state index in [0.717, 1.165) is 12.8 Å². The molecule has 0 unspecified atom stereocenters. The van der Waals surface area contributed by atoms with Gasteiger partial charge >= 0.3 is 0 Å². The third kappa shape index (κ3) is 10.9. The SMILES string of the molecule is CCCCCO.[Tl]. The van der Waals surface area contributed by atoms with E-state index >= 15 is 0 Å². The minimum absolute atomic E-state index is 0. The molecule has 2 heteroatoms. The second-order valence-electron chi connectivity index (χ2n) is 1.43. The first kappa shape index (κ1) is 10.8. The molecule has 0 aliphatic rings. The molecule has 0 rings (SSSR count). The van der Waals surface area contributed by atoms with Crippen molar-refractivity contribution >= 4 is 27.3 Å². The maximum atomic E-state index is 8.20. The van der Waals surface area contributed by atoms with E-state index in [1.54, 1.807) is 0 Å². The van der Waals surface area contributed by atoms with Crippen LogP contribution in [0.25, 0.3) is 0 Å². The summed E-state index contributed by atoms with van der Waals surface area (Å²) in [6, 6.07) is 0. The van der Waals surface area contributed by atoms with Gasteiger partial charge < -0.3 is 5.11 Å². The van der Waals surface area contributed by atoms with Crippen LogP contribution in [0.4, 0.5) is 0 Å². The standard InChI is InChI=1S/C5H12O.Tl/c1-2-3-4-5-6;/h6H,2-5H2,1H3;. The molecule has 1 N–H and O–H groups in total. The minimum atomic E-state index is 0. The molecule has 7 heavy (non-hydrogen) atoms. The van der Waals surface area contributed by atoms with Crippen molar-refractivity contribution in [3.8, 4) is 0 Å². The summed E-state index contributed by atoms with van der Waals surface area (Å²) in [7, 11) is 0. The monoisotopic (exact) mass is 293 g/mol. The van der Waals surface area contributed by atoms with Crippen LogP contribution in [0.3, 0.4) is 0 Å². The number of hydrogen-bond acceptors (Lipinski definition) is 1. The molecule has 0 aliphatic heterocycles. The van der Waals surface area contributed by atoms with Crippen molar-refractivity contribution in [3.63, 3.8) is 0 Å². The molecule has 0 fully saturated rings. The molecule has 0 amide bonds. The summed E-state index contributed by atoms with van der Waals surface area (Å²) in [5.74, 6) is 0. The van der Waals surface area contributed by atoms with Crippen LogP contribution >= 0.6 is 0 Å². The van der Waals surface area contributed by atoms with Crippen LogP contribution < -0.4 is 0 Å². The van der Waals surface area contributed by atoms with Crippen molar-refractivity contribution in [2.45, 2.75) is 26.2 Å². The van der Waals surface area contributed by atoms with E-state index in [-0.39, 0.29) is 27.3 Å². The van der Waals surface area contributed by atoms with Gasteiger partial charge in [0.2, 0.25) is 0 Å². The Kier molecular flexibility index (Phi) is 15.4. The third-order valence-electron chi connectivity index (χ3n) is 0.762. The molecule has 0 aromatic rings. The first-order chi connectivity index (χ1) is 2.91. The summed E-state index contributed by atoms with van der Waals surface area (Å²) in [6.07, 6.45) is 3.33. The Hall–Kier alpha value is 0.882. The first-order valence-electron chi connectivity index (χ1n) is 2.52. The summed E-state index contributed by atoms with van der Waals surface area (Å²) < 4.78 is 0. The van der Waals surface area contributed by atoms with Gasteiger partial charge in [0.15, 0.2) is 0 Å². The van der Waals surface area contributed by atoms with Crippen molar-refractivity contribution in [1.82, 2.24) is 0 Å². The fourth-order valence-electron chi connectivity index (χ4n) is 0.362. The van der Waals surface area contributed by atoms with E-state index in [1.807, 2.05) is 0 Å². The molecule has 0 aromatic heterocycles. The van der Waals surface area contributed by atoms with E-state index in [9.17, 15) is 0 Å². The van der Waals surface area contributed by atoms with Gasteiger partial charge in [-0.1, -0.05) is 19.8 Å². The normalized spacial score (nSPS) is 7.71. The van der Waals surface area contributed by atoms with Crippen LogP contribution in [0, 0.1) is 0 Å². The summed E-state index contributed by atoms with van der Waals surface area (Å²) in [5.41, 5.74) is 0. The molecular formula is C5H12OTl. The van der Waals surface area contributed by atoms with E-state index in [0.29, 0.717) is 6.61 Å². The predicted octanol–water partition coefficient (Wildman–Crippen LogP) is 0.788. The fourth-order valence-corrected chi connectivity index (χ4v) is 0.362. The fraction of sp³-hybridized carbons (Fsp3) is 1.00. The number of aliphatic hydroxyl groups is 1. The Morgan fingerprint density at radius 3 is 2.00 bits per heavy atom. The van der Waals surface area contributed by atoms with Crippen molar-refractivity contribution < 1.29 is 5.11 Å². The Balaban J connectivity index is 0. The topological polar surface area (TPSA) is 20.2 Å². The van der Waals surface area contributed by atoms with Crippen molar-refractivity contribution in [3.05, 3.63) is 0 Å². The molecule has 0 bridgehead atoms. The molecule has 0 saturated heterocycles. The molecule has 0 atom stereocenters. The van der Waals surface area contributed by atoms with Crippen molar-refractivity contribution in [2.24, 2.45) is 0 Å². The van der Waals surface area contributed by atoms with Crippen molar-refractivity contribution in [2.75, 3.05) is 6.61 Å². The van der Waals surface area contributed by atoms with Gasteiger partial charge in [-0.05, 0) is 6.42 Å². The Morgan fingerprint density at radius 1 is 1.29 bits per heavy atom. The molecule has 41 valence electrons. The molecule has 0 saturated carbocycles.